The lowest BCUT2D eigenvalue weighted by Crippen LogP contribution is -2.78. The molecule has 4 aliphatic heterocycles. The molecule has 5 aliphatic rings. The van der Waals surface area contributed by atoms with Gasteiger partial charge in [0.05, 0.1) is 24.7 Å². The molecule has 13 heteroatoms. The molecule has 0 bridgehead atoms. The SMILES string of the molecule is CN1CC(=O)N(C[C@@H]2NC(=N)N3C[C@H](NC(=O)c4cccc5c4CCC5)[C@@H](O)C34NC(=N)NC24)C1=O. The van der Waals surface area contributed by atoms with Crippen molar-refractivity contribution in [3.63, 3.8) is 0 Å². The van der Waals surface area contributed by atoms with E-state index in [4.69, 9.17) is 10.8 Å². The summed E-state index contributed by atoms with van der Waals surface area (Å²) >= 11 is 0. The van der Waals surface area contributed by atoms with Gasteiger partial charge in [0.1, 0.15) is 12.6 Å². The Kier molecular flexibility index (Phi) is 4.90. The number of aliphatic hydroxyl groups excluding tert-OH is 1. The van der Waals surface area contributed by atoms with E-state index in [1.165, 1.54) is 10.5 Å². The van der Waals surface area contributed by atoms with Crippen LogP contribution in [0.2, 0.25) is 0 Å². The number of aryl methyl sites for hydroxylation is 1. The molecule has 4 saturated heterocycles. The molecular weight excluding hydrogens is 466 g/mol. The van der Waals surface area contributed by atoms with Crippen molar-refractivity contribution >= 4 is 29.8 Å². The van der Waals surface area contributed by atoms with Crippen molar-refractivity contribution < 1.29 is 19.5 Å². The van der Waals surface area contributed by atoms with E-state index in [-0.39, 0.29) is 43.4 Å². The van der Waals surface area contributed by atoms with Gasteiger partial charge in [-0.05, 0) is 36.5 Å². The van der Waals surface area contributed by atoms with Crippen LogP contribution in [0.25, 0.3) is 0 Å². The van der Waals surface area contributed by atoms with Gasteiger partial charge in [-0.3, -0.25) is 25.3 Å². The van der Waals surface area contributed by atoms with E-state index < -0.39 is 35.9 Å². The van der Waals surface area contributed by atoms with Crippen molar-refractivity contribution in [1.82, 2.24) is 36.0 Å². The molecule has 0 saturated carbocycles. The number of nitrogens with zero attached hydrogens (tertiary/aromatic N) is 3. The van der Waals surface area contributed by atoms with E-state index in [2.05, 4.69) is 21.3 Å². The molecule has 6 rings (SSSR count). The summed E-state index contributed by atoms with van der Waals surface area (Å²) in [6, 6.07) is 3.23. The number of amides is 4. The number of aliphatic hydroxyl groups is 1. The van der Waals surface area contributed by atoms with E-state index in [1.807, 2.05) is 12.1 Å². The van der Waals surface area contributed by atoms with Gasteiger partial charge in [0.2, 0.25) is 5.91 Å². The van der Waals surface area contributed by atoms with Crippen molar-refractivity contribution in [2.45, 2.75) is 49.2 Å². The molecule has 13 nitrogen and oxygen atoms in total. The molecule has 2 unspecified atom stereocenters. The molecule has 7 N–H and O–H groups in total. The third-order valence-corrected chi connectivity index (χ3v) is 8.07. The monoisotopic (exact) mass is 495 g/mol. The van der Waals surface area contributed by atoms with Crippen LogP contribution < -0.4 is 21.3 Å². The molecule has 4 fully saturated rings. The highest BCUT2D eigenvalue weighted by atomic mass is 16.3. The molecule has 0 aromatic heterocycles. The van der Waals surface area contributed by atoms with E-state index in [9.17, 15) is 19.5 Å². The number of nitrogens with one attached hydrogen (secondary N) is 6. The van der Waals surface area contributed by atoms with Crippen LogP contribution in [0.1, 0.15) is 27.9 Å². The van der Waals surface area contributed by atoms with Crippen LogP contribution >= 0.6 is 0 Å². The first-order chi connectivity index (χ1) is 17.2. The van der Waals surface area contributed by atoms with Gasteiger partial charge < -0.3 is 36.2 Å². The summed E-state index contributed by atoms with van der Waals surface area (Å²) in [5.74, 6) is -0.696. The van der Waals surface area contributed by atoms with Gasteiger partial charge in [-0.1, -0.05) is 12.1 Å². The van der Waals surface area contributed by atoms with Gasteiger partial charge >= 0.3 is 6.03 Å². The second kappa shape index (κ2) is 7.82. The van der Waals surface area contributed by atoms with E-state index in [1.54, 1.807) is 18.0 Å². The fourth-order valence-electron chi connectivity index (χ4n) is 6.41. The lowest BCUT2D eigenvalue weighted by molar-refractivity contribution is -0.125. The van der Waals surface area contributed by atoms with Crippen LogP contribution in [-0.2, 0) is 17.6 Å². The van der Waals surface area contributed by atoms with E-state index >= 15 is 0 Å². The maximum atomic E-state index is 13.3. The normalized spacial score (nSPS) is 32.7. The fraction of sp³-hybridized carbons (Fsp3) is 0.522. The van der Waals surface area contributed by atoms with Crippen LogP contribution in [0, 0.1) is 10.8 Å². The fourth-order valence-corrected chi connectivity index (χ4v) is 6.41. The third-order valence-electron chi connectivity index (χ3n) is 8.07. The Morgan fingerprint density at radius 3 is 2.81 bits per heavy atom. The summed E-state index contributed by atoms with van der Waals surface area (Å²) < 4.78 is 0. The maximum absolute atomic E-state index is 13.3. The predicted octanol–water partition coefficient (Wildman–Crippen LogP) is -2.06. The molecular formula is C23H29N9O4. The van der Waals surface area contributed by atoms with Gasteiger partial charge in [0.25, 0.3) is 5.91 Å². The Bertz CT molecular complexity index is 1200. The number of imide groups is 1. The molecule has 1 aliphatic carbocycles. The van der Waals surface area contributed by atoms with E-state index in [0.29, 0.717) is 5.56 Å². The number of fused-ring (bicyclic) bond motifs is 1. The highest BCUT2D eigenvalue weighted by Crippen LogP contribution is 2.38. The van der Waals surface area contributed by atoms with Crippen molar-refractivity contribution in [2.24, 2.45) is 0 Å². The zero-order chi connectivity index (χ0) is 25.4. The van der Waals surface area contributed by atoms with Crippen LogP contribution in [0.15, 0.2) is 18.2 Å². The summed E-state index contributed by atoms with van der Waals surface area (Å²) in [7, 11) is 1.54. The molecule has 4 heterocycles. The highest BCUT2D eigenvalue weighted by molar-refractivity contribution is 6.02. The van der Waals surface area contributed by atoms with Gasteiger partial charge in [0, 0.05) is 19.2 Å². The Balaban J connectivity index is 1.27. The second-order valence-corrected chi connectivity index (χ2v) is 10.1. The number of benzene rings is 1. The van der Waals surface area contributed by atoms with Gasteiger partial charge in [-0.25, -0.2) is 4.79 Å². The minimum atomic E-state index is -1.31. The van der Waals surface area contributed by atoms with E-state index in [0.717, 1.165) is 29.7 Å². The molecule has 1 spiro atoms. The van der Waals surface area contributed by atoms with Crippen molar-refractivity contribution in [2.75, 3.05) is 26.7 Å². The van der Waals surface area contributed by atoms with Crippen LogP contribution in [-0.4, -0.2) is 106 Å². The molecule has 5 atom stereocenters. The smallest absolute Gasteiger partial charge is 0.327 e. The molecule has 0 radical (unpaired) electrons. The Morgan fingerprint density at radius 1 is 1.25 bits per heavy atom. The highest BCUT2D eigenvalue weighted by Gasteiger charge is 2.67. The quantitative estimate of drug-likeness (QED) is 0.233. The first-order valence-electron chi connectivity index (χ1n) is 12.1. The number of urea groups is 1. The Morgan fingerprint density at radius 2 is 2.06 bits per heavy atom. The van der Waals surface area contributed by atoms with Gasteiger partial charge in [0.15, 0.2) is 17.6 Å². The van der Waals surface area contributed by atoms with Crippen molar-refractivity contribution in [1.29, 1.82) is 10.8 Å². The average Bonchev–Trinajstić information content (AvgIpc) is 3.57. The minimum absolute atomic E-state index is 0.0215. The molecule has 1 aromatic carbocycles. The number of carbonyl (C=O) groups is 3. The number of guanidine groups is 2. The lowest BCUT2D eigenvalue weighted by atomic mass is 9.87. The van der Waals surface area contributed by atoms with Gasteiger partial charge in [-0.2, -0.15) is 0 Å². The summed E-state index contributed by atoms with van der Waals surface area (Å²) in [6.07, 6.45) is 1.60. The molecule has 36 heavy (non-hydrogen) atoms. The number of likely N-dealkylation sites (N-methyl/N-ethyl adjacent to an activating group) is 1. The predicted molar refractivity (Wildman–Crippen MR) is 127 cm³/mol. The summed E-state index contributed by atoms with van der Waals surface area (Å²) in [5, 5.41) is 40.5. The van der Waals surface area contributed by atoms with Crippen LogP contribution in [0.4, 0.5) is 4.79 Å². The molecule has 4 amide bonds. The zero-order valence-corrected chi connectivity index (χ0v) is 19.8. The number of rotatable bonds is 4. The third kappa shape index (κ3) is 3.08. The van der Waals surface area contributed by atoms with Gasteiger partial charge in [-0.15, -0.1) is 0 Å². The first-order valence-corrected chi connectivity index (χ1v) is 12.1. The van der Waals surface area contributed by atoms with Crippen molar-refractivity contribution in [3.05, 3.63) is 34.9 Å². The maximum Gasteiger partial charge on any atom is 0.327 e. The van der Waals surface area contributed by atoms with Crippen LogP contribution in [0.5, 0.6) is 0 Å². The Labute approximate surface area is 207 Å². The Hall–Kier alpha value is -3.87. The second-order valence-electron chi connectivity index (χ2n) is 10.1. The molecule has 1 aromatic rings. The standard InChI is InChI=1S/C23H29N9O4/c1-30-10-16(33)31(22(30)36)8-14-17-23(29-20(24)28-17)18(34)15(9-32(23)21(25)27-14)26-19(35)13-7-3-5-11-4-2-6-12(11)13/h3,5,7,14-15,17-18,34H,2,4,6,8-10H2,1H3,(H2,25,27)(H,26,35)(H3,24,28,29)/t14-,15-,17?,18+,23?/m0/s1. The van der Waals surface area contributed by atoms with Crippen molar-refractivity contribution in [3.8, 4) is 0 Å². The largest absolute Gasteiger partial charge is 0.386 e. The first kappa shape index (κ1) is 22.6. The summed E-state index contributed by atoms with van der Waals surface area (Å²) in [4.78, 5) is 42.2. The topological polar surface area (TPSA) is 177 Å². The minimum Gasteiger partial charge on any atom is -0.386 e. The van der Waals surface area contributed by atoms with Crippen LogP contribution in [0.3, 0.4) is 0 Å². The zero-order valence-electron chi connectivity index (χ0n) is 19.8. The summed E-state index contributed by atoms with van der Waals surface area (Å²) in [5.41, 5.74) is 1.50. The number of hydrogen-bond acceptors (Lipinski definition) is 6. The lowest BCUT2D eigenvalue weighted by Gasteiger charge is -2.49. The summed E-state index contributed by atoms with van der Waals surface area (Å²) in [6.45, 7) is 0.0854. The number of carbonyl (C=O) groups excluding carboxylic acids is 3. The number of hydrogen-bond donors (Lipinski definition) is 7. The average molecular weight is 496 g/mol. The molecule has 190 valence electrons.